The van der Waals surface area contributed by atoms with Crippen LogP contribution in [0.25, 0.3) is 11.3 Å². The molecule has 0 spiro atoms. The van der Waals surface area contributed by atoms with Crippen molar-refractivity contribution in [1.82, 2.24) is 10.3 Å². The predicted octanol–water partition coefficient (Wildman–Crippen LogP) is 3.46. The van der Waals surface area contributed by atoms with Gasteiger partial charge in [0.05, 0.1) is 12.8 Å². The van der Waals surface area contributed by atoms with Crippen molar-refractivity contribution in [2.24, 2.45) is 5.92 Å². The van der Waals surface area contributed by atoms with E-state index in [1.54, 1.807) is 7.11 Å². The molecule has 1 fully saturated rings. The Bertz CT molecular complexity index is 691. The van der Waals surface area contributed by atoms with Crippen LogP contribution in [-0.2, 0) is 4.79 Å². The molecule has 128 valence electrons. The van der Waals surface area contributed by atoms with Gasteiger partial charge in [0, 0.05) is 16.9 Å². The fourth-order valence-corrected chi connectivity index (χ4v) is 3.80. The minimum Gasteiger partial charge on any atom is -0.497 e. The number of aromatic nitrogens is 1. The van der Waals surface area contributed by atoms with Crippen LogP contribution in [0.4, 0.5) is 5.13 Å². The monoisotopic (exact) mass is 345 g/mol. The maximum atomic E-state index is 12.1. The fourth-order valence-electron chi connectivity index (χ4n) is 2.94. The molecule has 1 aromatic carbocycles. The maximum absolute atomic E-state index is 12.1. The Labute approximate surface area is 146 Å². The summed E-state index contributed by atoms with van der Waals surface area (Å²) in [7, 11) is 1.65. The van der Waals surface area contributed by atoms with E-state index in [2.05, 4.69) is 15.6 Å². The van der Waals surface area contributed by atoms with E-state index in [1.807, 2.05) is 31.2 Å². The summed E-state index contributed by atoms with van der Waals surface area (Å²) < 4.78 is 5.18. The van der Waals surface area contributed by atoms with Crippen LogP contribution in [0.1, 0.15) is 24.1 Å². The van der Waals surface area contributed by atoms with Crippen molar-refractivity contribution >= 4 is 22.4 Å². The average molecular weight is 345 g/mol. The van der Waals surface area contributed by atoms with Crippen molar-refractivity contribution in [3.8, 4) is 17.0 Å². The largest absolute Gasteiger partial charge is 0.497 e. The lowest BCUT2D eigenvalue weighted by atomic mass is 10.0. The summed E-state index contributed by atoms with van der Waals surface area (Å²) in [6.07, 6.45) is 2.67. The van der Waals surface area contributed by atoms with Gasteiger partial charge in [-0.3, -0.25) is 4.79 Å². The summed E-state index contributed by atoms with van der Waals surface area (Å²) >= 11 is 1.52. The van der Waals surface area contributed by atoms with E-state index in [-0.39, 0.29) is 5.91 Å². The summed E-state index contributed by atoms with van der Waals surface area (Å²) in [5, 5.41) is 6.95. The summed E-state index contributed by atoms with van der Waals surface area (Å²) in [4.78, 5) is 17.8. The molecule has 0 aliphatic carbocycles. The zero-order valence-electron chi connectivity index (χ0n) is 14.1. The van der Waals surface area contributed by atoms with Gasteiger partial charge in [-0.2, -0.15) is 0 Å². The second-order valence-corrected chi connectivity index (χ2v) is 7.30. The van der Waals surface area contributed by atoms with E-state index in [1.165, 1.54) is 17.8 Å². The van der Waals surface area contributed by atoms with Gasteiger partial charge in [-0.25, -0.2) is 4.98 Å². The van der Waals surface area contributed by atoms with Gasteiger partial charge in [0.15, 0.2) is 5.13 Å². The normalized spacial score (nSPS) is 17.0. The maximum Gasteiger partial charge on any atom is 0.226 e. The highest BCUT2D eigenvalue weighted by Gasteiger charge is 2.17. The molecule has 3 rings (SSSR count). The third-order valence-electron chi connectivity index (χ3n) is 4.35. The summed E-state index contributed by atoms with van der Waals surface area (Å²) in [5.41, 5.74) is 1.94. The summed E-state index contributed by atoms with van der Waals surface area (Å²) in [6, 6.07) is 7.81. The number of rotatable bonds is 6. The molecule has 2 N–H and O–H groups in total. The quantitative estimate of drug-likeness (QED) is 0.842. The Kier molecular flexibility index (Phi) is 5.48. The van der Waals surface area contributed by atoms with Crippen LogP contribution >= 0.6 is 11.3 Å². The van der Waals surface area contributed by atoms with E-state index in [0.29, 0.717) is 17.5 Å². The Morgan fingerprint density at radius 2 is 2.21 bits per heavy atom. The number of anilines is 1. The standard InChI is InChI=1S/C18H23N3O2S/c1-12-17(14-4-6-15(23-2)7-5-14)21-18(24-12)20-16(22)8-3-13-9-10-19-11-13/h4-7,13,19H,3,8-11H2,1-2H3,(H,20,21,22). The van der Waals surface area contributed by atoms with Gasteiger partial charge in [0.25, 0.3) is 0 Å². The first-order valence-electron chi connectivity index (χ1n) is 8.28. The van der Waals surface area contributed by atoms with Gasteiger partial charge < -0.3 is 15.4 Å². The van der Waals surface area contributed by atoms with Crippen LogP contribution in [-0.4, -0.2) is 31.1 Å². The molecular formula is C18H23N3O2S. The fraction of sp³-hybridized carbons (Fsp3) is 0.444. The second-order valence-electron chi connectivity index (χ2n) is 6.10. The number of aryl methyl sites for hydroxylation is 1. The Morgan fingerprint density at radius 3 is 2.88 bits per heavy atom. The van der Waals surface area contributed by atoms with E-state index < -0.39 is 0 Å². The number of methoxy groups -OCH3 is 1. The first-order valence-corrected chi connectivity index (χ1v) is 9.10. The number of benzene rings is 1. The second kappa shape index (κ2) is 7.77. The molecule has 1 aliphatic rings. The lowest BCUT2D eigenvalue weighted by molar-refractivity contribution is -0.116. The van der Waals surface area contributed by atoms with E-state index >= 15 is 0 Å². The number of nitrogens with one attached hydrogen (secondary N) is 2. The number of carbonyl (C=O) groups excluding carboxylic acids is 1. The Balaban J connectivity index is 1.61. The lowest BCUT2D eigenvalue weighted by Crippen LogP contribution is -2.14. The SMILES string of the molecule is COc1ccc(-c2nc(NC(=O)CCC3CCNC3)sc2C)cc1. The van der Waals surface area contributed by atoms with Crippen molar-refractivity contribution in [3.05, 3.63) is 29.1 Å². The molecule has 0 saturated carbocycles. The molecule has 6 heteroatoms. The molecule has 0 bridgehead atoms. The minimum absolute atomic E-state index is 0.0527. The molecule has 1 saturated heterocycles. The highest BCUT2D eigenvalue weighted by Crippen LogP contribution is 2.31. The van der Waals surface area contributed by atoms with E-state index in [9.17, 15) is 4.79 Å². The number of amides is 1. The van der Waals surface area contributed by atoms with Crippen LogP contribution in [0.2, 0.25) is 0 Å². The van der Waals surface area contributed by atoms with Crippen molar-refractivity contribution in [3.63, 3.8) is 0 Å². The molecule has 2 aromatic rings. The van der Waals surface area contributed by atoms with Crippen molar-refractivity contribution < 1.29 is 9.53 Å². The molecule has 1 amide bonds. The lowest BCUT2D eigenvalue weighted by Gasteiger charge is -2.07. The molecule has 1 aliphatic heterocycles. The number of ether oxygens (including phenoxy) is 1. The van der Waals surface area contributed by atoms with Crippen LogP contribution in [0.15, 0.2) is 24.3 Å². The molecule has 1 atom stereocenters. The van der Waals surface area contributed by atoms with E-state index in [0.717, 1.165) is 41.4 Å². The number of nitrogens with zero attached hydrogens (tertiary/aromatic N) is 1. The van der Waals surface area contributed by atoms with Crippen LogP contribution in [0.5, 0.6) is 5.75 Å². The molecule has 0 radical (unpaired) electrons. The third kappa shape index (κ3) is 4.13. The Morgan fingerprint density at radius 1 is 1.42 bits per heavy atom. The molecular weight excluding hydrogens is 322 g/mol. The first-order chi connectivity index (χ1) is 11.7. The molecule has 1 unspecified atom stereocenters. The van der Waals surface area contributed by atoms with Gasteiger partial charge in [0.2, 0.25) is 5.91 Å². The highest BCUT2D eigenvalue weighted by molar-refractivity contribution is 7.16. The first kappa shape index (κ1) is 16.9. The van der Waals surface area contributed by atoms with Crippen molar-refractivity contribution in [2.45, 2.75) is 26.2 Å². The molecule has 1 aromatic heterocycles. The van der Waals surface area contributed by atoms with Crippen LogP contribution < -0.4 is 15.4 Å². The number of carbonyl (C=O) groups is 1. The van der Waals surface area contributed by atoms with Gasteiger partial charge >= 0.3 is 0 Å². The molecule has 2 heterocycles. The molecule has 5 nitrogen and oxygen atoms in total. The van der Waals surface area contributed by atoms with Crippen LogP contribution in [0.3, 0.4) is 0 Å². The van der Waals surface area contributed by atoms with Crippen molar-refractivity contribution in [1.29, 1.82) is 0 Å². The van der Waals surface area contributed by atoms with Gasteiger partial charge in [-0.15, -0.1) is 11.3 Å². The van der Waals surface area contributed by atoms with E-state index in [4.69, 9.17) is 4.74 Å². The highest BCUT2D eigenvalue weighted by atomic mass is 32.1. The van der Waals surface area contributed by atoms with Crippen LogP contribution in [0, 0.1) is 12.8 Å². The van der Waals surface area contributed by atoms with Crippen molar-refractivity contribution in [2.75, 3.05) is 25.5 Å². The average Bonchev–Trinajstić information content (AvgIpc) is 3.23. The topological polar surface area (TPSA) is 63.2 Å². The zero-order chi connectivity index (χ0) is 16.9. The molecule has 24 heavy (non-hydrogen) atoms. The van der Waals surface area contributed by atoms with Gasteiger partial charge in [-0.05, 0) is 63.0 Å². The third-order valence-corrected chi connectivity index (χ3v) is 5.23. The zero-order valence-corrected chi connectivity index (χ0v) is 14.9. The summed E-state index contributed by atoms with van der Waals surface area (Å²) in [6.45, 7) is 4.13. The number of thiazole rings is 1. The smallest absolute Gasteiger partial charge is 0.226 e. The predicted molar refractivity (Wildman–Crippen MR) is 97.7 cm³/mol. The van der Waals surface area contributed by atoms with Gasteiger partial charge in [-0.1, -0.05) is 0 Å². The Hall–Kier alpha value is -1.92. The number of hydrogen-bond acceptors (Lipinski definition) is 5. The summed E-state index contributed by atoms with van der Waals surface area (Å²) in [5.74, 6) is 1.50. The van der Waals surface area contributed by atoms with Gasteiger partial charge in [0.1, 0.15) is 5.75 Å². The number of hydrogen-bond donors (Lipinski definition) is 2. The minimum atomic E-state index is 0.0527.